The number of halogens is 1. The fourth-order valence-corrected chi connectivity index (χ4v) is 2.74. The number of amides is 1. The highest BCUT2D eigenvalue weighted by molar-refractivity contribution is 14.1. The van der Waals surface area contributed by atoms with Gasteiger partial charge in [-0.1, -0.05) is 6.07 Å². The minimum atomic E-state index is -1.65. The van der Waals surface area contributed by atoms with Crippen LogP contribution < -0.4 is 4.90 Å². The molecule has 7 heteroatoms. The Hall–Kier alpha value is -1.19. The molecule has 0 radical (unpaired) electrons. The van der Waals surface area contributed by atoms with Crippen LogP contribution in [0.4, 0.5) is 5.69 Å². The molecule has 0 unspecified atom stereocenters. The van der Waals surface area contributed by atoms with Crippen LogP contribution >= 0.6 is 22.6 Å². The molecular weight excluding hydrogens is 413 g/mol. The topological polar surface area (TPSA) is 76.1 Å². The lowest BCUT2D eigenvalue weighted by atomic mass is 10.1. The van der Waals surface area contributed by atoms with Crippen LogP contribution in [0.15, 0.2) is 24.3 Å². The summed E-state index contributed by atoms with van der Waals surface area (Å²) in [4.78, 5) is 26.1. The van der Waals surface area contributed by atoms with Gasteiger partial charge in [0.15, 0.2) is 12.2 Å². The van der Waals surface area contributed by atoms with Crippen LogP contribution in [0, 0.1) is 3.57 Å². The first-order chi connectivity index (χ1) is 10.7. The quantitative estimate of drug-likeness (QED) is 0.581. The minimum absolute atomic E-state index is 0.238. The fourth-order valence-electron chi connectivity index (χ4n) is 2.22. The summed E-state index contributed by atoms with van der Waals surface area (Å²) < 4.78 is 11.4. The lowest BCUT2D eigenvalue weighted by Gasteiger charge is -2.34. The van der Waals surface area contributed by atoms with Gasteiger partial charge in [-0.05, 0) is 61.6 Å². The first-order valence-electron chi connectivity index (χ1n) is 7.28. The van der Waals surface area contributed by atoms with Crippen molar-refractivity contribution in [3.63, 3.8) is 0 Å². The third kappa shape index (κ3) is 4.65. The van der Waals surface area contributed by atoms with E-state index in [1.54, 1.807) is 20.8 Å². The number of ether oxygens (including phenoxy) is 2. The molecule has 6 nitrogen and oxygen atoms in total. The monoisotopic (exact) mass is 433 g/mol. The van der Waals surface area contributed by atoms with Gasteiger partial charge in [0.25, 0.3) is 5.91 Å². The van der Waals surface area contributed by atoms with Crippen LogP contribution in [0.5, 0.6) is 0 Å². The number of benzene rings is 1. The number of hydrogen-bond acceptors (Lipinski definition) is 5. The number of morpholine rings is 1. The van der Waals surface area contributed by atoms with E-state index in [0.29, 0.717) is 12.2 Å². The Morgan fingerprint density at radius 3 is 2.78 bits per heavy atom. The van der Waals surface area contributed by atoms with Crippen molar-refractivity contribution in [3.05, 3.63) is 27.8 Å². The van der Waals surface area contributed by atoms with E-state index in [0.717, 1.165) is 3.57 Å². The molecule has 1 heterocycles. The number of carbonyl (C=O) groups is 2. The second kappa shape index (κ2) is 7.14. The van der Waals surface area contributed by atoms with E-state index in [9.17, 15) is 14.7 Å². The van der Waals surface area contributed by atoms with Crippen molar-refractivity contribution in [3.8, 4) is 0 Å². The van der Waals surface area contributed by atoms with Gasteiger partial charge in [0, 0.05) is 15.8 Å². The average Bonchev–Trinajstić information content (AvgIpc) is 2.45. The molecule has 1 aromatic carbocycles. The number of hydrogen-bond donors (Lipinski definition) is 1. The van der Waals surface area contributed by atoms with Gasteiger partial charge in [-0.15, -0.1) is 0 Å². The Bertz CT molecular complexity index is 598. The molecule has 1 amide bonds. The summed E-state index contributed by atoms with van der Waals surface area (Å²) in [5.41, 5.74) is -0.0306. The number of nitrogens with zero attached hydrogens (tertiary/aromatic N) is 1. The van der Waals surface area contributed by atoms with Crippen molar-refractivity contribution in [1.29, 1.82) is 0 Å². The van der Waals surface area contributed by atoms with Crippen molar-refractivity contribution in [1.82, 2.24) is 0 Å². The largest absolute Gasteiger partial charge is 0.458 e. The number of aliphatic hydroxyl groups excluding tert-OH is 1. The third-order valence-electron chi connectivity index (χ3n) is 3.18. The predicted octanol–water partition coefficient (Wildman–Crippen LogP) is 1.73. The zero-order valence-corrected chi connectivity index (χ0v) is 15.4. The van der Waals surface area contributed by atoms with Crippen molar-refractivity contribution in [2.75, 3.05) is 18.1 Å². The van der Waals surface area contributed by atoms with Crippen molar-refractivity contribution >= 4 is 40.2 Å². The molecule has 23 heavy (non-hydrogen) atoms. The number of carbonyl (C=O) groups excluding carboxylic acids is 2. The molecule has 1 aliphatic rings. The van der Waals surface area contributed by atoms with Gasteiger partial charge in [-0.25, -0.2) is 4.79 Å². The van der Waals surface area contributed by atoms with Crippen LogP contribution in [-0.4, -0.2) is 47.9 Å². The van der Waals surface area contributed by atoms with Gasteiger partial charge in [0.2, 0.25) is 0 Å². The molecule has 2 atom stereocenters. The van der Waals surface area contributed by atoms with Gasteiger partial charge >= 0.3 is 5.97 Å². The standard InChI is InChI=1S/C16H20INO5/c1-16(2,3)23-15(21)12(19)13-14(20)18(7-8-22-13)11-6-4-5-10(17)9-11/h4-6,9,12-13,19H,7-8H2,1-3H3/t12-,13-/m1/s1. The number of rotatable bonds is 3. The molecule has 0 aromatic heterocycles. The van der Waals surface area contributed by atoms with Crippen LogP contribution in [0.2, 0.25) is 0 Å². The second-order valence-electron chi connectivity index (χ2n) is 6.24. The molecule has 1 N–H and O–H groups in total. The first kappa shape index (κ1) is 18.2. The van der Waals surface area contributed by atoms with Crippen molar-refractivity contribution < 1.29 is 24.2 Å². The van der Waals surface area contributed by atoms with E-state index < -0.39 is 29.7 Å². The van der Waals surface area contributed by atoms with E-state index >= 15 is 0 Å². The Balaban J connectivity index is 2.15. The summed E-state index contributed by atoms with van der Waals surface area (Å²) in [6.07, 6.45) is -2.90. The third-order valence-corrected chi connectivity index (χ3v) is 3.85. The highest BCUT2D eigenvalue weighted by Crippen LogP contribution is 2.23. The summed E-state index contributed by atoms with van der Waals surface area (Å²) in [6, 6.07) is 7.43. The maximum atomic E-state index is 12.6. The lowest BCUT2D eigenvalue weighted by molar-refractivity contribution is -0.177. The van der Waals surface area contributed by atoms with Crippen molar-refractivity contribution in [2.24, 2.45) is 0 Å². The fraction of sp³-hybridized carbons (Fsp3) is 0.500. The van der Waals surface area contributed by atoms with E-state index in [1.165, 1.54) is 4.90 Å². The van der Waals surface area contributed by atoms with Gasteiger partial charge in [-0.2, -0.15) is 0 Å². The minimum Gasteiger partial charge on any atom is -0.458 e. The Morgan fingerprint density at radius 2 is 2.17 bits per heavy atom. The van der Waals surface area contributed by atoms with Gasteiger partial charge in [0.1, 0.15) is 5.60 Å². The number of esters is 1. The summed E-state index contributed by atoms with van der Waals surface area (Å²) in [6.45, 7) is 5.69. The van der Waals surface area contributed by atoms with E-state index in [4.69, 9.17) is 9.47 Å². The Morgan fingerprint density at radius 1 is 1.48 bits per heavy atom. The van der Waals surface area contributed by atoms with Crippen LogP contribution in [0.25, 0.3) is 0 Å². The van der Waals surface area contributed by atoms with E-state index in [2.05, 4.69) is 22.6 Å². The van der Waals surface area contributed by atoms with Crippen LogP contribution in [0.1, 0.15) is 20.8 Å². The molecule has 2 rings (SSSR count). The second-order valence-corrected chi connectivity index (χ2v) is 7.49. The molecular formula is C16H20INO5. The maximum absolute atomic E-state index is 12.6. The Kier molecular flexibility index (Phi) is 5.64. The lowest BCUT2D eigenvalue weighted by Crippen LogP contribution is -2.55. The summed E-state index contributed by atoms with van der Waals surface area (Å²) in [5.74, 6) is -1.31. The van der Waals surface area contributed by atoms with Crippen LogP contribution in [-0.2, 0) is 19.1 Å². The molecule has 126 valence electrons. The molecule has 0 saturated carbocycles. The molecule has 0 spiro atoms. The maximum Gasteiger partial charge on any atom is 0.338 e. The molecule has 1 fully saturated rings. The molecule has 1 aromatic rings. The number of anilines is 1. The Labute approximate surface area is 148 Å². The highest BCUT2D eigenvalue weighted by Gasteiger charge is 2.41. The summed E-state index contributed by atoms with van der Waals surface area (Å²) >= 11 is 2.16. The van der Waals surface area contributed by atoms with Crippen molar-refractivity contribution in [2.45, 2.75) is 38.6 Å². The SMILES string of the molecule is CC(C)(C)OC(=O)[C@H](O)[C@H]1OCCN(c2cccc(I)c2)C1=O. The van der Waals surface area contributed by atoms with Gasteiger partial charge < -0.3 is 19.5 Å². The summed E-state index contributed by atoms with van der Waals surface area (Å²) in [5, 5.41) is 10.1. The predicted molar refractivity (Wildman–Crippen MR) is 93.1 cm³/mol. The van der Waals surface area contributed by atoms with Crippen LogP contribution in [0.3, 0.4) is 0 Å². The van der Waals surface area contributed by atoms with Gasteiger partial charge in [0.05, 0.1) is 6.61 Å². The normalized spacial score (nSPS) is 20.3. The molecule has 0 bridgehead atoms. The zero-order chi connectivity index (χ0) is 17.2. The first-order valence-corrected chi connectivity index (χ1v) is 8.36. The highest BCUT2D eigenvalue weighted by atomic mass is 127. The smallest absolute Gasteiger partial charge is 0.338 e. The number of aliphatic hydroxyl groups is 1. The molecule has 0 aliphatic carbocycles. The van der Waals surface area contributed by atoms with E-state index in [-0.39, 0.29) is 6.61 Å². The average molecular weight is 433 g/mol. The van der Waals surface area contributed by atoms with E-state index in [1.807, 2.05) is 24.3 Å². The van der Waals surface area contributed by atoms with Gasteiger partial charge in [-0.3, -0.25) is 4.79 Å². The molecule has 1 aliphatic heterocycles. The zero-order valence-electron chi connectivity index (χ0n) is 13.3. The molecule has 1 saturated heterocycles. The summed E-state index contributed by atoms with van der Waals surface area (Å²) in [7, 11) is 0.